The van der Waals surface area contributed by atoms with Crippen molar-refractivity contribution in [1.29, 1.82) is 0 Å². The molecule has 2 aromatic carbocycles. The van der Waals surface area contributed by atoms with Crippen LogP contribution in [0.15, 0.2) is 61.1 Å². The molecule has 0 spiro atoms. The molecule has 4 aromatic rings. The highest BCUT2D eigenvalue weighted by molar-refractivity contribution is 6.02. The lowest BCUT2D eigenvalue weighted by atomic mass is 10.0. The van der Waals surface area contributed by atoms with Crippen molar-refractivity contribution in [2.75, 3.05) is 5.32 Å². The Morgan fingerprint density at radius 2 is 1.75 bits per heavy atom. The largest absolute Gasteiger partial charge is 0.365 e. The lowest BCUT2D eigenvalue weighted by molar-refractivity contribution is 0.628. The molecule has 0 saturated heterocycles. The Kier molecular flexibility index (Phi) is 4.38. The van der Waals surface area contributed by atoms with Crippen LogP contribution in [-0.4, -0.2) is 20.1 Å². The van der Waals surface area contributed by atoms with Crippen LogP contribution in [0.4, 0.5) is 10.2 Å². The minimum absolute atomic E-state index is 0.160. The summed E-state index contributed by atoms with van der Waals surface area (Å²) in [5.41, 5.74) is 4.73. The smallest absolute Gasteiger partial charge is 0.150 e. The molecule has 2 aromatic heterocycles. The number of fused-ring (bicyclic) bond motifs is 1. The van der Waals surface area contributed by atoms with Gasteiger partial charge in [-0.3, -0.25) is 0 Å². The molecule has 0 bridgehead atoms. The summed E-state index contributed by atoms with van der Waals surface area (Å²) >= 11 is 0. The maximum absolute atomic E-state index is 13.5. The minimum atomic E-state index is -0.254. The molecule has 0 radical (unpaired) electrons. The van der Waals surface area contributed by atoms with Crippen LogP contribution >= 0.6 is 0 Å². The molecule has 0 saturated carbocycles. The Morgan fingerprint density at radius 1 is 1.00 bits per heavy atom. The van der Waals surface area contributed by atoms with Crippen LogP contribution in [-0.2, 0) is 0 Å². The van der Waals surface area contributed by atoms with E-state index in [1.807, 2.05) is 6.07 Å². The predicted molar refractivity (Wildman–Crippen MR) is 112 cm³/mol. The van der Waals surface area contributed by atoms with Crippen LogP contribution in [0.5, 0.6) is 0 Å². The molecule has 1 N–H and O–H groups in total. The van der Waals surface area contributed by atoms with Gasteiger partial charge in [-0.15, -0.1) is 0 Å². The maximum atomic E-state index is 13.5. The Morgan fingerprint density at radius 3 is 2.43 bits per heavy atom. The monoisotopic (exact) mass is 374 g/mol. The Balaban J connectivity index is 2.02. The van der Waals surface area contributed by atoms with Gasteiger partial charge in [-0.05, 0) is 63.1 Å². The molecule has 0 aliphatic rings. The maximum Gasteiger partial charge on any atom is 0.150 e. The summed E-state index contributed by atoms with van der Waals surface area (Å²) < 4.78 is 15.6. The highest BCUT2D eigenvalue weighted by Crippen LogP contribution is 2.36. The summed E-state index contributed by atoms with van der Waals surface area (Å²) in [6, 6.07) is 14.8. The molecule has 0 fully saturated rings. The van der Waals surface area contributed by atoms with Crippen molar-refractivity contribution in [3.05, 3.63) is 72.4 Å². The topological polar surface area (TPSA) is 42.7 Å². The van der Waals surface area contributed by atoms with E-state index in [9.17, 15) is 4.39 Å². The van der Waals surface area contributed by atoms with Gasteiger partial charge < -0.3 is 9.88 Å². The molecule has 2 heterocycles. The number of hydrogen-bond acceptors (Lipinski definition) is 3. The summed E-state index contributed by atoms with van der Waals surface area (Å²) in [5, 5.41) is 4.41. The van der Waals surface area contributed by atoms with Crippen molar-refractivity contribution in [2.24, 2.45) is 0 Å². The fourth-order valence-electron chi connectivity index (χ4n) is 3.33. The van der Waals surface area contributed by atoms with Crippen LogP contribution in [0.2, 0.25) is 0 Å². The lowest BCUT2D eigenvalue weighted by Crippen LogP contribution is -2.26. The first-order valence-electron chi connectivity index (χ1n) is 9.29. The van der Waals surface area contributed by atoms with Crippen molar-refractivity contribution in [1.82, 2.24) is 14.5 Å². The third-order valence-electron chi connectivity index (χ3n) is 4.51. The zero-order valence-corrected chi connectivity index (χ0v) is 16.5. The van der Waals surface area contributed by atoms with Crippen molar-refractivity contribution in [3.63, 3.8) is 0 Å². The van der Waals surface area contributed by atoms with E-state index < -0.39 is 0 Å². The summed E-state index contributed by atoms with van der Waals surface area (Å²) in [6.07, 6.45) is 3.63. The van der Waals surface area contributed by atoms with E-state index in [2.05, 4.69) is 71.9 Å². The standard InChI is InChI=1S/C23H23FN4/c1-15-6-5-7-18(12-15)28-13-19(16-8-10-17(24)11-9-16)20-21(27-23(2,3)4)25-14-26-22(20)28/h5-14H,1-4H3,(H,25,26,27). The van der Waals surface area contributed by atoms with E-state index in [-0.39, 0.29) is 11.4 Å². The van der Waals surface area contributed by atoms with E-state index in [1.54, 1.807) is 18.5 Å². The number of nitrogens with zero attached hydrogens (tertiary/aromatic N) is 3. The Bertz CT molecular complexity index is 1140. The SMILES string of the molecule is Cc1cccc(-n2cc(-c3ccc(F)cc3)c3c(NC(C)(C)C)ncnc32)c1. The number of aromatic nitrogens is 3. The predicted octanol–water partition coefficient (Wildman–Crippen LogP) is 5.75. The van der Waals surface area contributed by atoms with Gasteiger partial charge >= 0.3 is 0 Å². The first-order chi connectivity index (χ1) is 13.3. The number of benzene rings is 2. The highest BCUT2D eigenvalue weighted by Gasteiger charge is 2.20. The van der Waals surface area contributed by atoms with E-state index in [0.29, 0.717) is 0 Å². The van der Waals surface area contributed by atoms with Gasteiger partial charge in [0.1, 0.15) is 18.0 Å². The van der Waals surface area contributed by atoms with Crippen molar-refractivity contribution in [2.45, 2.75) is 33.2 Å². The normalized spacial score (nSPS) is 11.8. The second-order valence-corrected chi connectivity index (χ2v) is 8.05. The molecular formula is C23H23FN4. The summed E-state index contributed by atoms with van der Waals surface area (Å²) in [6.45, 7) is 8.35. The minimum Gasteiger partial charge on any atom is -0.365 e. The number of anilines is 1. The van der Waals surface area contributed by atoms with E-state index in [0.717, 1.165) is 33.7 Å². The van der Waals surface area contributed by atoms with Crippen LogP contribution in [0.1, 0.15) is 26.3 Å². The number of hydrogen-bond donors (Lipinski definition) is 1. The van der Waals surface area contributed by atoms with Gasteiger partial charge in [-0.1, -0.05) is 24.3 Å². The zero-order chi connectivity index (χ0) is 19.9. The Hall–Kier alpha value is -3.21. The molecule has 142 valence electrons. The van der Waals surface area contributed by atoms with Gasteiger partial charge in [0.2, 0.25) is 0 Å². The van der Waals surface area contributed by atoms with Gasteiger partial charge in [0.05, 0.1) is 5.39 Å². The van der Waals surface area contributed by atoms with E-state index >= 15 is 0 Å². The molecule has 0 atom stereocenters. The molecule has 0 aliphatic carbocycles. The van der Waals surface area contributed by atoms with Crippen LogP contribution in [0, 0.1) is 12.7 Å². The molecule has 5 heteroatoms. The summed E-state index contributed by atoms with van der Waals surface area (Å²) in [7, 11) is 0. The quantitative estimate of drug-likeness (QED) is 0.497. The van der Waals surface area contributed by atoms with Crippen molar-refractivity contribution >= 4 is 16.9 Å². The van der Waals surface area contributed by atoms with Gasteiger partial charge in [-0.25, -0.2) is 14.4 Å². The van der Waals surface area contributed by atoms with E-state index in [1.165, 1.54) is 17.7 Å². The Labute approximate surface area is 164 Å². The average molecular weight is 374 g/mol. The van der Waals surface area contributed by atoms with Gasteiger partial charge in [0.25, 0.3) is 0 Å². The third-order valence-corrected chi connectivity index (χ3v) is 4.51. The second-order valence-electron chi connectivity index (χ2n) is 8.05. The molecule has 4 rings (SSSR count). The number of halogens is 1. The number of aryl methyl sites for hydroxylation is 1. The molecular weight excluding hydrogens is 351 g/mol. The molecule has 0 amide bonds. The summed E-state index contributed by atoms with van der Waals surface area (Å²) in [4.78, 5) is 9.09. The number of rotatable bonds is 3. The zero-order valence-electron chi connectivity index (χ0n) is 16.5. The van der Waals surface area contributed by atoms with E-state index in [4.69, 9.17) is 0 Å². The fraction of sp³-hybridized carbons (Fsp3) is 0.217. The molecule has 0 unspecified atom stereocenters. The third kappa shape index (κ3) is 3.48. The van der Waals surface area contributed by atoms with Crippen LogP contribution in [0.25, 0.3) is 27.8 Å². The first kappa shape index (κ1) is 18.2. The lowest BCUT2D eigenvalue weighted by Gasteiger charge is -2.22. The van der Waals surface area contributed by atoms with Crippen molar-refractivity contribution < 1.29 is 4.39 Å². The first-order valence-corrected chi connectivity index (χ1v) is 9.29. The second kappa shape index (κ2) is 6.75. The number of nitrogens with one attached hydrogen (secondary N) is 1. The molecule has 4 nitrogen and oxygen atoms in total. The van der Waals surface area contributed by atoms with Gasteiger partial charge in [-0.2, -0.15) is 0 Å². The van der Waals surface area contributed by atoms with Crippen molar-refractivity contribution in [3.8, 4) is 16.8 Å². The summed E-state index contributed by atoms with van der Waals surface area (Å²) in [5.74, 6) is 0.513. The van der Waals surface area contributed by atoms with Crippen LogP contribution in [0.3, 0.4) is 0 Å². The molecule has 0 aliphatic heterocycles. The van der Waals surface area contributed by atoms with Gasteiger partial charge in [0, 0.05) is 23.0 Å². The average Bonchev–Trinajstić information content (AvgIpc) is 3.02. The molecule has 28 heavy (non-hydrogen) atoms. The highest BCUT2D eigenvalue weighted by atomic mass is 19.1. The fourth-order valence-corrected chi connectivity index (χ4v) is 3.33. The van der Waals surface area contributed by atoms with Crippen LogP contribution < -0.4 is 5.32 Å². The van der Waals surface area contributed by atoms with Gasteiger partial charge in [0.15, 0.2) is 5.65 Å².